The molecule has 0 bridgehead atoms. The minimum atomic E-state index is -0.293. The van der Waals surface area contributed by atoms with Gasteiger partial charge in [0, 0.05) is 24.2 Å². The van der Waals surface area contributed by atoms with Gasteiger partial charge >= 0.3 is 0 Å². The molecular formula is C21H23FN4O. The predicted molar refractivity (Wildman–Crippen MR) is 105 cm³/mol. The molecule has 0 spiro atoms. The molecule has 3 aromatic rings. The second kappa shape index (κ2) is 8.12. The number of ether oxygens (including phenoxy) is 1. The maximum absolute atomic E-state index is 13.3. The van der Waals surface area contributed by atoms with E-state index in [0.717, 1.165) is 16.9 Å². The van der Waals surface area contributed by atoms with E-state index in [9.17, 15) is 4.39 Å². The Labute approximate surface area is 158 Å². The third-order valence-corrected chi connectivity index (χ3v) is 4.32. The molecule has 0 aliphatic carbocycles. The van der Waals surface area contributed by atoms with Gasteiger partial charge in [-0.15, -0.1) is 10.2 Å². The Morgan fingerprint density at radius 1 is 0.926 bits per heavy atom. The van der Waals surface area contributed by atoms with Gasteiger partial charge in [0.25, 0.3) is 0 Å². The van der Waals surface area contributed by atoms with E-state index in [2.05, 4.69) is 24.0 Å². The number of benzene rings is 2. The van der Waals surface area contributed by atoms with Gasteiger partial charge in [-0.3, -0.25) is 0 Å². The molecule has 0 atom stereocenters. The van der Waals surface area contributed by atoms with Crippen LogP contribution in [-0.4, -0.2) is 34.9 Å². The molecule has 6 heteroatoms. The fraction of sp³-hybridized carbons (Fsp3) is 0.286. The fourth-order valence-electron chi connectivity index (χ4n) is 2.58. The highest BCUT2D eigenvalue weighted by molar-refractivity contribution is 5.78. The first-order chi connectivity index (χ1) is 13.0. The summed E-state index contributed by atoms with van der Waals surface area (Å²) in [5.41, 5.74) is 2.97. The Morgan fingerprint density at radius 3 is 2.11 bits per heavy atom. The SMILES string of the molecule is CCOc1ccc(-c2nc(N(C)C(C)C)nnc2-c2ccc(F)cc2)cc1. The number of hydrogen-bond acceptors (Lipinski definition) is 5. The lowest BCUT2D eigenvalue weighted by Gasteiger charge is -2.21. The summed E-state index contributed by atoms with van der Waals surface area (Å²) < 4.78 is 18.8. The minimum Gasteiger partial charge on any atom is -0.494 e. The van der Waals surface area contributed by atoms with Crippen LogP contribution in [0.1, 0.15) is 20.8 Å². The molecule has 27 heavy (non-hydrogen) atoms. The number of halogens is 1. The zero-order valence-electron chi connectivity index (χ0n) is 16.0. The molecule has 2 aromatic carbocycles. The van der Waals surface area contributed by atoms with Gasteiger partial charge in [-0.1, -0.05) is 0 Å². The van der Waals surface area contributed by atoms with Crippen molar-refractivity contribution < 1.29 is 9.13 Å². The van der Waals surface area contributed by atoms with Gasteiger partial charge < -0.3 is 9.64 Å². The maximum atomic E-state index is 13.3. The Kier molecular flexibility index (Phi) is 5.64. The van der Waals surface area contributed by atoms with E-state index in [1.165, 1.54) is 12.1 Å². The van der Waals surface area contributed by atoms with Crippen molar-refractivity contribution in [3.05, 3.63) is 54.3 Å². The third-order valence-electron chi connectivity index (χ3n) is 4.32. The van der Waals surface area contributed by atoms with Crippen molar-refractivity contribution in [3.63, 3.8) is 0 Å². The van der Waals surface area contributed by atoms with Crippen molar-refractivity contribution in [1.82, 2.24) is 15.2 Å². The lowest BCUT2D eigenvalue weighted by molar-refractivity contribution is 0.340. The van der Waals surface area contributed by atoms with Crippen LogP contribution in [0.5, 0.6) is 5.75 Å². The smallest absolute Gasteiger partial charge is 0.245 e. The van der Waals surface area contributed by atoms with Crippen LogP contribution in [-0.2, 0) is 0 Å². The van der Waals surface area contributed by atoms with Crippen LogP contribution in [0.25, 0.3) is 22.5 Å². The predicted octanol–water partition coefficient (Wildman–Crippen LogP) is 4.59. The average Bonchev–Trinajstić information content (AvgIpc) is 2.68. The molecule has 0 N–H and O–H groups in total. The van der Waals surface area contributed by atoms with Gasteiger partial charge in [-0.2, -0.15) is 0 Å². The van der Waals surface area contributed by atoms with Crippen LogP contribution < -0.4 is 9.64 Å². The van der Waals surface area contributed by atoms with E-state index in [4.69, 9.17) is 9.72 Å². The van der Waals surface area contributed by atoms with Gasteiger partial charge in [0.05, 0.1) is 6.61 Å². The Bertz CT molecular complexity index is 895. The van der Waals surface area contributed by atoms with E-state index in [1.54, 1.807) is 12.1 Å². The Balaban J connectivity index is 2.11. The summed E-state index contributed by atoms with van der Waals surface area (Å²) in [6.07, 6.45) is 0. The van der Waals surface area contributed by atoms with E-state index in [0.29, 0.717) is 23.9 Å². The Morgan fingerprint density at radius 2 is 1.52 bits per heavy atom. The average molecular weight is 366 g/mol. The molecule has 0 saturated heterocycles. The molecule has 3 rings (SSSR count). The quantitative estimate of drug-likeness (QED) is 0.639. The summed E-state index contributed by atoms with van der Waals surface area (Å²) in [6.45, 7) is 6.68. The lowest BCUT2D eigenvalue weighted by atomic mass is 10.0. The molecule has 140 valence electrons. The first-order valence-electron chi connectivity index (χ1n) is 8.96. The number of aromatic nitrogens is 3. The largest absolute Gasteiger partial charge is 0.494 e. The highest BCUT2D eigenvalue weighted by Gasteiger charge is 2.17. The summed E-state index contributed by atoms with van der Waals surface area (Å²) >= 11 is 0. The molecule has 0 aliphatic heterocycles. The van der Waals surface area contributed by atoms with Crippen LogP contribution in [0, 0.1) is 5.82 Å². The summed E-state index contributed by atoms with van der Waals surface area (Å²) in [6, 6.07) is 14.1. The summed E-state index contributed by atoms with van der Waals surface area (Å²) in [5, 5.41) is 8.69. The van der Waals surface area contributed by atoms with E-state index in [1.807, 2.05) is 43.1 Å². The second-order valence-electron chi connectivity index (χ2n) is 6.48. The molecule has 0 aliphatic rings. The van der Waals surface area contributed by atoms with Crippen molar-refractivity contribution >= 4 is 5.95 Å². The zero-order valence-corrected chi connectivity index (χ0v) is 16.0. The summed E-state index contributed by atoms with van der Waals surface area (Å²) in [4.78, 5) is 6.71. The number of rotatable bonds is 6. The molecule has 1 aromatic heterocycles. The lowest BCUT2D eigenvalue weighted by Crippen LogP contribution is -2.28. The van der Waals surface area contributed by atoms with Crippen LogP contribution in [0.3, 0.4) is 0 Å². The van der Waals surface area contributed by atoms with Crippen molar-refractivity contribution in [1.29, 1.82) is 0 Å². The van der Waals surface area contributed by atoms with Crippen LogP contribution in [0.4, 0.5) is 10.3 Å². The van der Waals surface area contributed by atoms with Crippen molar-refractivity contribution in [2.24, 2.45) is 0 Å². The van der Waals surface area contributed by atoms with Gasteiger partial charge in [-0.25, -0.2) is 9.37 Å². The number of anilines is 1. The first-order valence-corrected chi connectivity index (χ1v) is 8.96. The highest BCUT2D eigenvalue weighted by atomic mass is 19.1. The molecule has 1 heterocycles. The second-order valence-corrected chi connectivity index (χ2v) is 6.48. The molecule has 0 radical (unpaired) electrons. The van der Waals surface area contributed by atoms with Crippen molar-refractivity contribution in [2.75, 3.05) is 18.6 Å². The molecule has 0 saturated carbocycles. The fourth-order valence-corrected chi connectivity index (χ4v) is 2.58. The molecular weight excluding hydrogens is 343 g/mol. The van der Waals surface area contributed by atoms with Crippen LogP contribution in [0.2, 0.25) is 0 Å². The standard InChI is InChI=1S/C21H23FN4O/c1-5-27-18-12-8-15(9-13-18)19-20(16-6-10-17(22)11-7-16)24-25-21(23-19)26(4)14(2)3/h6-14H,5H2,1-4H3. The molecule has 0 fully saturated rings. The number of nitrogens with zero attached hydrogens (tertiary/aromatic N) is 4. The number of hydrogen-bond donors (Lipinski definition) is 0. The van der Waals surface area contributed by atoms with E-state index >= 15 is 0 Å². The summed E-state index contributed by atoms with van der Waals surface area (Å²) in [5.74, 6) is 1.05. The van der Waals surface area contributed by atoms with Crippen molar-refractivity contribution in [2.45, 2.75) is 26.8 Å². The van der Waals surface area contributed by atoms with E-state index in [-0.39, 0.29) is 11.9 Å². The van der Waals surface area contributed by atoms with Gasteiger partial charge in [-0.05, 0) is 69.3 Å². The van der Waals surface area contributed by atoms with Gasteiger partial charge in [0.2, 0.25) is 5.95 Å². The highest BCUT2D eigenvalue weighted by Crippen LogP contribution is 2.31. The topological polar surface area (TPSA) is 51.1 Å². The first kappa shape index (κ1) is 18.8. The van der Waals surface area contributed by atoms with Gasteiger partial charge in [0.1, 0.15) is 23.0 Å². The zero-order chi connectivity index (χ0) is 19.4. The Hall–Kier alpha value is -3.02. The molecule has 5 nitrogen and oxygen atoms in total. The minimum absolute atomic E-state index is 0.233. The van der Waals surface area contributed by atoms with Crippen LogP contribution in [0.15, 0.2) is 48.5 Å². The monoisotopic (exact) mass is 366 g/mol. The molecule has 0 amide bonds. The van der Waals surface area contributed by atoms with Gasteiger partial charge in [0.15, 0.2) is 0 Å². The third kappa shape index (κ3) is 4.22. The van der Waals surface area contributed by atoms with Crippen molar-refractivity contribution in [3.8, 4) is 28.3 Å². The molecule has 0 unspecified atom stereocenters. The normalized spacial score (nSPS) is 10.9. The summed E-state index contributed by atoms with van der Waals surface area (Å²) in [7, 11) is 1.93. The van der Waals surface area contributed by atoms with Crippen LogP contribution >= 0.6 is 0 Å². The maximum Gasteiger partial charge on any atom is 0.245 e. The van der Waals surface area contributed by atoms with E-state index < -0.39 is 0 Å².